The summed E-state index contributed by atoms with van der Waals surface area (Å²) in [6, 6.07) is 12.5. The van der Waals surface area contributed by atoms with Crippen LogP contribution in [0, 0.1) is 3.57 Å². The lowest BCUT2D eigenvalue weighted by Gasteiger charge is -2.18. The van der Waals surface area contributed by atoms with Crippen LogP contribution in [-0.4, -0.2) is 25.9 Å². The molecule has 0 aliphatic carbocycles. The summed E-state index contributed by atoms with van der Waals surface area (Å²) in [5.74, 6) is 1.15. The van der Waals surface area contributed by atoms with Crippen molar-refractivity contribution in [3.63, 3.8) is 0 Å². The number of nitrogens with one attached hydrogen (secondary N) is 1. The highest BCUT2D eigenvalue weighted by Crippen LogP contribution is 2.29. The van der Waals surface area contributed by atoms with E-state index in [1.165, 1.54) is 0 Å². The normalized spacial score (nSPS) is 11.5. The summed E-state index contributed by atoms with van der Waals surface area (Å²) in [6.07, 6.45) is 0.315. The maximum Gasteiger partial charge on any atom is 0.220 e. The van der Waals surface area contributed by atoms with Crippen molar-refractivity contribution in [3.05, 3.63) is 57.2 Å². The highest BCUT2D eigenvalue weighted by atomic mass is 127. The second-order valence-corrected chi connectivity index (χ2v) is 7.07. The Balaban J connectivity index is 1.95. The second kappa shape index (κ2) is 9.56. The number of carbonyl (C=O) groups excluding carboxylic acids is 2. The summed E-state index contributed by atoms with van der Waals surface area (Å²) in [7, 11) is 3.17. The monoisotopic (exact) mass is 467 g/mol. The van der Waals surface area contributed by atoms with E-state index in [1.807, 2.05) is 25.1 Å². The third-order valence-corrected chi connectivity index (χ3v) is 4.75. The number of benzene rings is 2. The molecule has 0 spiro atoms. The molecule has 138 valence electrons. The van der Waals surface area contributed by atoms with Crippen LogP contribution < -0.4 is 14.8 Å². The Morgan fingerprint density at radius 3 is 2.35 bits per heavy atom. The molecule has 0 aliphatic rings. The van der Waals surface area contributed by atoms with Gasteiger partial charge in [-0.1, -0.05) is 12.1 Å². The Hall–Kier alpha value is -2.09. The van der Waals surface area contributed by atoms with Crippen molar-refractivity contribution in [1.82, 2.24) is 5.32 Å². The van der Waals surface area contributed by atoms with Gasteiger partial charge in [0.2, 0.25) is 5.91 Å². The van der Waals surface area contributed by atoms with Crippen LogP contribution in [0.3, 0.4) is 0 Å². The zero-order chi connectivity index (χ0) is 19.1. The third kappa shape index (κ3) is 5.45. The molecule has 2 rings (SSSR count). The molecule has 0 radical (unpaired) electrons. The number of Topliss-reactive ketones (excluding diaryl/α,β-unsaturated/α-hetero) is 1. The summed E-state index contributed by atoms with van der Waals surface area (Å²) in [5, 5.41) is 2.91. The Morgan fingerprint density at radius 2 is 1.73 bits per heavy atom. The lowest BCUT2D eigenvalue weighted by atomic mass is 10.0. The molecule has 2 aromatic rings. The standard InChI is InChI=1S/C20H22INO4/c1-13(17-12-16(25-2)8-10-19(17)26-3)22-20(24)11-9-18(23)14-4-6-15(21)7-5-14/h4-8,10,12-13H,9,11H2,1-3H3,(H,22,24). The molecule has 2 aromatic carbocycles. The molecule has 1 amide bonds. The topological polar surface area (TPSA) is 64.6 Å². The predicted molar refractivity (Wildman–Crippen MR) is 109 cm³/mol. The first kappa shape index (κ1) is 20.2. The molecular formula is C20H22INO4. The van der Waals surface area contributed by atoms with Gasteiger partial charge in [-0.25, -0.2) is 0 Å². The van der Waals surface area contributed by atoms with Gasteiger partial charge in [0.25, 0.3) is 0 Å². The van der Waals surface area contributed by atoms with Gasteiger partial charge in [-0.05, 0) is 59.8 Å². The average Bonchev–Trinajstić information content (AvgIpc) is 2.66. The number of ether oxygens (including phenoxy) is 2. The Bertz CT molecular complexity index is 774. The quantitative estimate of drug-likeness (QED) is 0.468. The van der Waals surface area contributed by atoms with Crippen molar-refractivity contribution in [2.75, 3.05) is 14.2 Å². The molecule has 0 bridgehead atoms. The zero-order valence-electron chi connectivity index (χ0n) is 15.0. The fourth-order valence-corrected chi connectivity index (χ4v) is 2.94. The minimum atomic E-state index is -0.263. The molecule has 5 nitrogen and oxygen atoms in total. The Kier molecular flexibility index (Phi) is 7.44. The van der Waals surface area contributed by atoms with E-state index in [2.05, 4.69) is 27.9 Å². The highest BCUT2D eigenvalue weighted by Gasteiger charge is 2.16. The van der Waals surface area contributed by atoms with Gasteiger partial charge in [-0.15, -0.1) is 0 Å². The first-order valence-electron chi connectivity index (χ1n) is 8.24. The number of halogens is 1. The molecule has 6 heteroatoms. The van der Waals surface area contributed by atoms with E-state index in [-0.39, 0.29) is 30.6 Å². The maximum atomic E-state index is 12.2. The molecule has 0 aromatic heterocycles. The number of rotatable bonds is 8. The fraction of sp³-hybridized carbons (Fsp3) is 0.300. The summed E-state index contributed by atoms with van der Waals surface area (Å²) in [5.41, 5.74) is 1.45. The van der Waals surface area contributed by atoms with Crippen LogP contribution in [0.5, 0.6) is 11.5 Å². The van der Waals surface area contributed by atoms with Gasteiger partial charge >= 0.3 is 0 Å². The van der Waals surface area contributed by atoms with Crippen molar-refractivity contribution in [2.24, 2.45) is 0 Å². The van der Waals surface area contributed by atoms with Gasteiger partial charge in [0.05, 0.1) is 20.3 Å². The maximum absolute atomic E-state index is 12.2. The first-order valence-corrected chi connectivity index (χ1v) is 9.32. The molecule has 0 saturated carbocycles. The van der Waals surface area contributed by atoms with Crippen molar-refractivity contribution in [3.8, 4) is 11.5 Å². The number of ketones is 1. The van der Waals surface area contributed by atoms with E-state index in [1.54, 1.807) is 38.5 Å². The Labute approximate surface area is 167 Å². The molecule has 1 atom stereocenters. The van der Waals surface area contributed by atoms with E-state index in [0.29, 0.717) is 17.1 Å². The fourth-order valence-electron chi connectivity index (χ4n) is 2.58. The predicted octanol–water partition coefficient (Wildman–Crippen LogP) is 4.15. The molecule has 0 fully saturated rings. The minimum absolute atomic E-state index is 0.0387. The SMILES string of the molecule is COc1ccc(OC)c(C(C)NC(=O)CCC(=O)c2ccc(I)cc2)c1. The Morgan fingerprint density at radius 1 is 1.04 bits per heavy atom. The highest BCUT2D eigenvalue weighted by molar-refractivity contribution is 14.1. The average molecular weight is 467 g/mol. The van der Waals surface area contributed by atoms with E-state index in [4.69, 9.17) is 9.47 Å². The van der Waals surface area contributed by atoms with Gasteiger partial charge in [-0.2, -0.15) is 0 Å². The van der Waals surface area contributed by atoms with Gasteiger partial charge in [0.1, 0.15) is 11.5 Å². The van der Waals surface area contributed by atoms with E-state index >= 15 is 0 Å². The minimum Gasteiger partial charge on any atom is -0.497 e. The van der Waals surface area contributed by atoms with Gasteiger partial charge in [-0.3, -0.25) is 9.59 Å². The lowest BCUT2D eigenvalue weighted by molar-refractivity contribution is -0.121. The van der Waals surface area contributed by atoms with Crippen molar-refractivity contribution in [1.29, 1.82) is 0 Å². The number of carbonyl (C=O) groups is 2. The molecule has 0 heterocycles. The van der Waals surface area contributed by atoms with Crippen LogP contribution in [0.4, 0.5) is 0 Å². The first-order chi connectivity index (χ1) is 12.4. The molecule has 26 heavy (non-hydrogen) atoms. The summed E-state index contributed by atoms with van der Waals surface area (Å²) < 4.78 is 11.7. The number of hydrogen-bond acceptors (Lipinski definition) is 4. The van der Waals surface area contributed by atoms with Crippen molar-refractivity contribution < 1.29 is 19.1 Å². The van der Waals surface area contributed by atoms with Crippen LogP contribution in [0.15, 0.2) is 42.5 Å². The summed E-state index contributed by atoms with van der Waals surface area (Å²) in [6.45, 7) is 1.87. The number of amides is 1. The number of methoxy groups -OCH3 is 2. The van der Waals surface area contributed by atoms with Crippen molar-refractivity contribution in [2.45, 2.75) is 25.8 Å². The smallest absolute Gasteiger partial charge is 0.220 e. The lowest BCUT2D eigenvalue weighted by Crippen LogP contribution is -2.27. The molecule has 0 aliphatic heterocycles. The van der Waals surface area contributed by atoms with Gasteiger partial charge in [0, 0.05) is 27.5 Å². The molecule has 1 unspecified atom stereocenters. The number of hydrogen-bond donors (Lipinski definition) is 1. The van der Waals surface area contributed by atoms with Crippen LogP contribution in [0.2, 0.25) is 0 Å². The molecule has 0 saturated heterocycles. The molecular weight excluding hydrogens is 445 g/mol. The van der Waals surface area contributed by atoms with Crippen LogP contribution in [-0.2, 0) is 4.79 Å². The van der Waals surface area contributed by atoms with Gasteiger partial charge in [0.15, 0.2) is 5.78 Å². The third-order valence-electron chi connectivity index (χ3n) is 4.03. The molecule has 1 N–H and O–H groups in total. The largest absolute Gasteiger partial charge is 0.497 e. The summed E-state index contributed by atoms with van der Waals surface area (Å²) in [4.78, 5) is 24.4. The summed E-state index contributed by atoms with van der Waals surface area (Å²) >= 11 is 2.19. The van der Waals surface area contributed by atoms with E-state index in [9.17, 15) is 9.59 Å². The zero-order valence-corrected chi connectivity index (χ0v) is 17.2. The van der Waals surface area contributed by atoms with Crippen LogP contribution in [0.25, 0.3) is 0 Å². The van der Waals surface area contributed by atoms with Crippen molar-refractivity contribution >= 4 is 34.3 Å². The second-order valence-electron chi connectivity index (χ2n) is 5.83. The van der Waals surface area contributed by atoms with Crippen LogP contribution in [0.1, 0.15) is 41.7 Å². The van der Waals surface area contributed by atoms with E-state index < -0.39 is 0 Å². The van der Waals surface area contributed by atoms with Gasteiger partial charge < -0.3 is 14.8 Å². The van der Waals surface area contributed by atoms with Crippen LogP contribution >= 0.6 is 22.6 Å². The van der Waals surface area contributed by atoms with E-state index in [0.717, 1.165) is 9.13 Å².